The fourth-order valence-corrected chi connectivity index (χ4v) is 5.53. The molecular weight excluding hydrogens is 662 g/mol. The molecule has 1 heterocycles. The van der Waals surface area contributed by atoms with E-state index in [1.165, 1.54) is 17.7 Å². The lowest BCUT2D eigenvalue weighted by molar-refractivity contribution is -0.385. The van der Waals surface area contributed by atoms with Gasteiger partial charge in [-0.05, 0) is 93.6 Å². The predicted octanol–water partition coefficient (Wildman–Crippen LogP) is 6.08. The molecule has 172 valence electrons. The van der Waals surface area contributed by atoms with Gasteiger partial charge in [0.25, 0.3) is 5.69 Å². The summed E-state index contributed by atoms with van der Waals surface area (Å²) in [6, 6.07) is 18.5. The zero-order chi connectivity index (χ0) is 24.2. The van der Waals surface area contributed by atoms with Gasteiger partial charge in [-0.3, -0.25) is 10.1 Å². The second-order valence-electron chi connectivity index (χ2n) is 7.49. The molecule has 0 atom stereocenters. The van der Waals surface area contributed by atoms with Crippen molar-refractivity contribution >= 4 is 68.8 Å². The first-order chi connectivity index (χ1) is 16.3. The maximum Gasteiger partial charge on any atom is 0.363 e. The Morgan fingerprint density at radius 3 is 2.44 bits per heavy atom. The molecule has 0 unspecified atom stereocenters. The Bertz CT molecular complexity index is 1310. The number of cyclic esters (lactones) is 1. The summed E-state index contributed by atoms with van der Waals surface area (Å²) in [4.78, 5) is 27.3. The first kappa shape index (κ1) is 24.3. The highest BCUT2D eigenvalue weighted by Gasteiger charge is 2.25. The summed E-state index contributed by atoms with van der Waals surface area (Å²) >= 11 is 4.43. The van der Waals surface area contributed by atoms with E-state index in [4.69, 9.17) is 9.47 Å². The SMILES string of the molecule is Cc1cc(C2=N/C(=C\c3cc(I)c(OCCc4ccccc4)c(I)c3)C(=O)O2)ccc1[N+](=O)[O-]. The van der Waals surface area contributed by atoms with Gasteiger partial charge in [0.05, 0.1) is 18.7 Å². The number of esters is 1. The van der Waals surface area contributed by atoms with E-state index in [1.807, 2.05) is 30.3 Å². The van der Waals surface area contributed by atoms with Crippen LogP contribution in [-0.2, 0) is 16.0 Å². The highest BCUT2D eigenvalue weighted by molar-refractivity contribution is 14.1. The van der Waals surface area contributed by atoms with Crippen LogP contribution in [0, 0.1) is 24.2 Å². The molecule has 0 amide bonds. The number of hydrogen-bond donors (Lipinski definition) is 0. The number of carbonyl (C=O) groups excluding carboxylic acids is 1. The molecule has 0 aromatic heterocycles. The van der Waals surface area contributed by atoms with E-state index in [0.29, 0.717) is 17.7 Å². The average Bonchev–Trinajstić information content (AvgIpc) is 3.16. The van der Waals surface area contributed by atoms with Crippen LogP contribution in [0.2, 0.25) is 0 Å². The number of nitrogens with zero attached hydrogens (tertiary/aromatic N) is 2. The molecule has 0 bridgehead atoms. The summed E-state index contributed by atoms with van der Waals surface area (Å²) in [5.74, 6) is 0.359. The minimum Gasteiger partial charge on any atom is -0.491 e. The molecule has 3 aromatic carbocycles. The van der Waals surface area contributed by atoms with Crippen molar-refractivity contribution < 1.29 is 19.2 Å². The molecule has 7 nitrogen and oxygen atoms in total. The summed E-state index contributed by atoms with van der Waals surface area (Å²) in [6.45, 7) is 2.19. The fourth-order valence-electron chi connectivity index (χ4n) is 3.40. The van der Waals surface area contributed by atoms with E-state index in [1.54, 1.807) is 19.1 Å². The molecular formula is C25H18I2N2O5. The molecule has 0 fully saturated rings. The quantitative estimate of drug-likeness (QED) is 0.0993. The van der Waals surface area contributed by atoms with E-state index in [2.05, 4.69) is 62.3 Å². The van der Waals surface area contributed by atoms with Gasteiger partial charge in [-0.15, -0.1) is 0 Å². The smallest absolute Gasteiger partial charge is 0.363 e. The van der Waals surface area contributed by atoms with Crippen LogP contribution in [0.3, 0.4) is 0 Å². The number of carbonyl (C=O) groups is 1. The third-order valence-corrected chi connectivity index (χ3v) is 6.67. The van der Waals surface area contributed by atoms with Crippen molar-refractivity contribution in [1.29, 1.82) is 0 Å². The molecule has 1 aliphatic rings. The normalized spacial score (nSPS) is 14.1. The Kier molecular flexibility index (Phi) is 7.61. The summed E-state index contributed by atoms with van der Waals surface area (Å²) < 4.78 is 13.2. The minimum atomic E-state index is -0.570. The van der Waals surface area contributed by atoms with E-state index in [9.17, 15) is 14.9 Å². The van der Waals surface area contributed by atoms with Gasteiger partial charge in [0.1, 0.15) is 5.75 Å². The Morgan fingerprint density at radius 1 is 1.09 bits per heavy atom. The van der Waals surface area contributed by atoms with E-state index in [0.717, 1.165) is 24.9 Å². The molecule has 3 aromatic rings. The molecule has 4 rings (SSSR count). The van der Waals surface area contributed by atoms with Gasteiger partial charge in [0.15, 0.2) is 5.70 Å². The average molecular weight is 680 g/mol. The van der Waals surface area contributed by atoms with Crippen LogP contribution in [0.25, 0.3) is 6.08 Å². The molecule has 0 aliphatic carbocycles. The van der Waals surface area contributed by atoms with Gasteiger partial charge >= 0.3 is 5.97 Å². The van der Waals surface area contributed by atoms with Gasteiger partial charge in [0.2, 0.25) is 5.90 Å². The minimum absolute atomic E-state index is 0.000309. The first-order valence-corrected chi connectivity index (χ1v) is 12.4. The predicted molar refractivity (Wildman–Crippen MR) is 146 cm³/mol. The number of aryl methyl sites for hydroxylation is 1. The second kappa shape index (κ2) is 10.6. The molecule has 0 spiro atoms. The van der Waals surface area contributed by atoms with Crippen LogP contribution in [0.1, 0.15) is 22.3 Å². The van der Waals surface area contributed by atoms with Crippen molar-refractivity contribution in [3.63, 3.8) is 0 Å². The Hall–Kier alpha value is -2.80. The van der Waals surface area contributed by atoms with Crippen molar-refractivity contribution in [3.8, 4) is 5.75 Å². The van der Waals surface area contributed by atoms with E-state index in [-0.39, 0.29) is 17.3 Å². The number of hydrogen-bond acceptors (Lipinski definition) is 6. The Morgan fingerprint density at radius 2 is 1.79 bits per heavy atom. The summed E-state index contributed by atoms with van der Waals surface area (Å²) in [5, 5.41) is 11.0. The van der Waals surface area contributed by atoms with Crippen LogP contribution < -0.4 is 4.74 Å². The third kappa shape index (κ3) is 5.63. The molecule has 0 saturated carbocycles. The summed E-state index contributed by atoms with van der Waals surface area (Å²) in [7, 11) is 0. The standard InChI is InChI=1S/C25H18I2N2O5/c1-15-11-18(7-8-22(15)29(31)32)24-28-21(25(30)34-24)14-17-12-19(26)23(20(27)13-17)33-10-9-16-5-3-2-4-6-16/h2-8,11-14H,9-10H2,1H3/b21-14-. The maximum atomic E-state index is 12.4. The molecule has 0 radical (unpaired) electrons. The molecule has 0 saturated heterocycles. The molecule has 34 heavy (non-hydrogen) atoms. The Balaban J connectivity index is 1.52. The number of aliphatic imine (C=N–C) groups is 1. The van der Waals surface area contributed by atoms with E-state index < -0.39 is 10.9 Å². The van der Waals surface area contributed by atoms with Gasteiger partial charge in [-0.1, -0.05) is 30.3 Å². The lowest BCUT2D eigenvalue weighted by atomic mass is 10.1. The summed E-state index contributed by atoms with van der Waals surface area (Å²) in [5.41, 5.74) is 3.14. The van der Waals surface area contributed by atoms with Crippen LogP contribution in [0.5, 0.6) is 5.75 Å². The van der Waals surface area contributed by atoms with Gasteiger partial charge in [-0.25, -0.2) is 9.79 Å². The molecule has 9 heteroatoms. The first-order valence-electron chi connectivity index (χ1n) is 10.3. The maximum absolute atomic E-state index is 12.4. The lowest BCUT2D eigenvalue weighted by Gasteiger charge is -2.11. The van der Waals surface area contributed by atoms with Crippen molar-refractivity contribution in [2.45, 2.75) is 13.3 Å². The van der Waals surface area contributed by atoms with Crippen molar-refractivity contribution in [3.05, 3.63) is 106 Å². The number of rotatable bonds is 7. The highest BCUT2D eigenvalue weighted by Crippen LogP contribution is 2.31. The van der Waals surface area contributed by atoms with Gasteiger partial charge in [0, 0.05) is 23.6 Å². The third-order valence-electron chi connectivity index (χ3n) is 5.06. The van der Waals surface area contributed by atoms with E-state index >= 15 is 0 Å². The van der Waals surface area contributed by atoms with Gasteiger partial charge in [-0.2, -0.15) is 0 Å². The van der Waals surface area contributed by atoms with Crippen LogP contribution >= 0.6 is 45.2 Å². The van der Waals surface area contributed by atoms with Crippen LogP contribution in [0.4, 0.5) is 5.69 Å². The largest absolute Gasteiger partial charge is 0.491 e. The Labute approximate surface area is 223 Å². The zero-order valence-corrected chi connectivity index (χ0v) is 22.3. The molecule has 0 N–H and O–H groups in total. The number of ether oxygens (including phenoxy) is 2. The van der Waals surface area contributed by atoms with Crippen molar-refractivity contribution in [1.82, 2.24) is 0 Å². The van der Waals surface area contributed by atoms with Gasteiger partial charge < -0.3 is 9.47 Å². The van der Waals surface area contributed by atoms with Crippen molar-refractivity contribution in [2.24, 2.45) is 4.99 Å². The second-order valence-corrected chi connectivity index (χ2v) is 9.82. The monoisotopic (exact) mass is 680 g/mol. The lowest BCUT2D eigenvalue weighted by Crippen LogP contribution is -2.06. The van der Waals surface area contributed by atoms with Crippen LogP contribution in [0.15, 0.2) is 71.4 Å². The number of halogens is 2. The van der Waals surface area contributed by atoms with Crippen LogP contribution in [-0.4, -0.2) is 23.4 Å². The molecule has 1 aliphatic heterocycles. The summed E-state index contributed by atoms with van der Waals surface area (Å²) in [6.07, 6.45) is 2.47. The topological polar surface area (TPSA) is 91.0 Å². The number of nitro groups is 1. The number of benzene rings is 3. The fraction of sp³-hybridized carbons (Fsp3) is 0.120. The number of nitro benzene ring substituents is 1. The van der Waals surface area contributed by atoms with Crippen molar-refractivity contribution in [2.75, 3.05) is 6.61 Å². The zero-order valence-electron chi connectivity index (χ0n) is 18.0. The highest BCUT2D eigenvalue weighted by atomic mass is 127.